The van der Waals surface area contributed by atoms with Crippen molar-refractivity contribution >= 4 is 10.0 Å². The summed E-state index contributed by atoms with van der Waals surface area (Å²) >= 11 is 0. The molecule has 1 aromatic carbocycles. The van der Waals surface area contributed by atoms with E-state index in [4.69, 9.17) is 4.74 Å². The predicted molar refractivity (Wildman–Crippen MR) is 69.2 cm³/mol. The van der Waals surface area contributed by atoms with Crippen molar-refractivity contribution in [2.24, 2.45) is 0 Å². The van der Waals surface area contributed by atoms with Gasteiger partial charge in [-0.15, -0.1) is 0 Å². The molecule has 0 amide bonds. The number of para-hydroxylation sites is 1. The van der Waals surface area contributed by atoms with Crippen molar-refractivity contribution in [3.63, 3.8) is 0 Å². The zero-order valence-electron chi connectivity index (χ0n) is 10.6. The van der Waals surface area contributed by atoms with Gasteiger partial charge in [0.1, 0.15) is 10.6 Å². The lowest BCUT2D eigenvalue weighted by Gasteiger charge is -2.23. The molecule has 6 heteroatoms. The number of rotatable bonds is 4. The van der Waals surface area contributed by atoms with Crippen molar-refractivity contribution in [3.8, 4) is 5.75 Å². The molecular formula is C12H18N2O3S. The Balaban J connectivity index is 2.35. The molecule has 1 atom stereocenters. The Morgan fingerprint density at radius 2 is 2.11 bits per heavy atom. The van der Waals surface area contributed by atoms with Gasteiger partial charge in [0.25, 0.3) is 0 Å². The fraction of sp³-hybridized carbons (Fsp3) is 0.500. The van der Waals surface area contributed by atoms with Crippen molar-refractivity contribution in [3.05, 3.63) is 24.3 Å². The molecule has 1 aliphatic rings. The van der Waals surface area contributed by atoms with Crippen LogP contribution in [0.3, 0.4) is 0 Å². The largest absolute Gasteiger partial charge is 0.495 e. The van der Waals surface area contributed by atoms with Gasteiger partial charge in [-0.25, -0.2) is 8.42 Å². The van der Waals surface area contributed by atoms with Crippen LogP contribution in [0.4, 0.5) is 0 Å². The molecule has 1 N–H and O–H groups in total. The van der Waals surface area contributed by atoms with E-state index in [1.54, 1.807) is 31.3 Å². The number of ether oxygens (including phenoxy) is 1. The van der Waals surface area contributed by atoms with Crippen LogP contribution in [0.15, 0.2) is 29.2 Å². The van der Waals surface area contributed by atoms with Crippen LogP contribution in [0, 0.1) is 0 Å². The van der Waals surface area contributed by atoms with Crippen molar-refractivity contribution < 1.29 is 13.2 Å². The predicted octanol–water partition coefficient (Wildman–Crippen LogP) is 0.678. The summed E-state index contributed by atoms with van der Waals surface area (Å²) in [7, 11) is -0.395. The molecule has 0 aliphatic carbocycles. The third kappa shape index (κ3) is 2.36. The van der Waals surface area contributed by atoms with E-state index in [2.05, 4.69) is 5.32 Å². The third-order valence-electron chi connectivity index (χ3n) is 3.27. The minimum Gasteiger partial charge on any atom is -0.495 e. The molecule has 100 valence electrons. The fourth-order valence-electron chi connectivity index (χ4n) is 2.13. The summed E-state index contributed by atoms with van der Waals surface area (Å²) in [6.07, 6.45) is 0.838. The molecule has 0 bridgehead atoms. The van der Waals surface area contributed by atoms with Crippen LogP contribution in [-0.2, 0) is 10.0 Å². The Labute approximate surface area is 108 Å². The molecule has 18 heavy (non-hydrogen) atoms. The molecule has 2 rings (SSSR count). The number of hydrogen-bond acceptors (Lipinski definition) is 4. The zero-order chi connectivity index (χ0) is 13.2. The Bertz CT molecular complexity index is 510. The SMILES string of the molecule is COc1ccccc1S(=O)(=O)N(C)[C@@H]1CCNC1. The standard InChI is InChI=1S/C12H18N2O3S/c1-14(10-7-8-13-9-10)18(15,16)12-6-4-3-5-11(12)17-2/h3-6,10,13H,7-9H2,1-2H3/t10-/m1/s1. The van der Waals surface area contributed by atoms with Crippen LogP contribution in [0.2, 0.25) is 0 Å². The molecule has 1 fully saturated rings. The van der Waals surface area contributed by atoms with Gasteiger partial charge in [0.15, 0.2) is 0 Å². The fourth-order valence-corrected chi connectivity index (χ4v) is 3.67. The molecule has 0 spiro atoms. The average Bonchev–Trinajstić information content (AvgIpc) is 2.91. The topological polar surface area (TPSA) is 58.6 Å². The highest BCUT2D eigenvalue weighted by atomic mass is 32.2. The Morgan fingerprint density at radius 1 is 1.39 bits per heavy atom. The summed E-state index contributed by atoms with van der Waals surface area (Å²) < 4.78 is 31.6. The molecule has 0 saturated carbocycles. The molecule has 1 aliphatic heterocycles. The molecular weight excluding hydrogens is 252 g/mol. The first-order chi connectivity index (χ1) is 8.57. The van der Waals surface area contributed by atoms with Crippen molar-refractivity contribution in [1.29, 1.82) is 0 Å². The maximum absolute atomic E-state index is 12.5. The van der Waals surface area contributed by atoms with E-state index in [-0.39, 0.29) is 10.9 Å². The van der Waals surface area contributed by atoms with Crippen molar-refractivity contribution in [2.45, 2.75) is 17.4 Å². The number of likely N-dealkylation sites (N-methyl/N-ethyl adjacent to an activating group) is 1. The third-order valence-corrected chi connectivity index (χ3v) is 5.22. The van der Waals surface area contributed by atoms with Gasteiger partial charge >= 0.3 is 0 Å². The summed E-state index contributed by atoms with van der Waals surface area (Å²) in [5.41, 5.74) is 0. The maximum Gasteiger partial charge on any atom is 0.246 e. The first kappa shape index (κ1) is 13.3. The summed E-state index contributed by atoms with van der Waals surface area (Å²) in [4.78, 5) is 0.224. The summed E-state index contributed by atoms with van der Waals surface area (Å²) in [5.74, 6) is 0.385. The van der Waals surface area contributed by atoms with Crippen LogP contribution in [0.5, 0.6) is 5.75 Å². The highest BCUT2D eigenvalue weighted by molar-refractivity contribution is 7.89. The second kappa shape index (κ2) is 5.26. The lowest BCUT2D eigenvalue weighted by molar-refractivity contribution is 0.376. The van der Waals surface area contributed by atoms with Gasteiger partial charge in [-0.05, 0) is 25.1 Å². The smallest absolute Gasteiger partial charge is 0.246 e. The van der Waals surface area contributed by atoms with Gasteiger partial charge in [0.2, 0.25) is 10.0 Å². The quantitative estimate of drug-likeness (QED) is 0.874. The second-order valence-corrected chi connectivity index (χ2v) is 6.28. The van der Waals surface area contributed by atoms with Crippen LogP contribution >= 0.6 is 0 Å². The molecule has 0 aromatic heterocycles. The number of methoxy groups -OCH3 is 1. The van der Waals surface area contributed by atoms with E-state index in [1.807, 2.05) is 0 Å². The normalized spacial score (nSPS) is 20.3. The van der Waals surface area contributed by atoms with Gasteiger partial charge in [0.05, 0.1) is 7.11 Å². The van der Waals surface area contributed by atoms with Crippen LogP contribution in [0.25, 0.3) is 0 Å². The Hall–Kier alpha value is -1.11. The van der Waals surface area contributed by atoms with E-state index in [9.17, 15) is 8.42 Å². The van der Waals surface area contributed by atoms with Gasteiger partial charge in [0, 0.05) is 19.6 Å². The number of sulfonamides is 1. The first-order valence-corrected chi connectivity index (χ1v) is 7.33. The van der Waals surface area contributed by atoms with Crippen molar-refractivity contribution in [1.82, 2.24) is 9.62 Å². The average molecular weight is 270 g/mol. The van der Waals surface area contributed by atoms with Gasteiger partial charge in [-0.1, -0.05) is 12.1 Å². The summed E-state index contributed by atoms with van der Waals surface area (Å²) in [6, 6.07) is 6.71. The number of nitrogens with zero attached hydrogens (tertiary/aromatic N) is 1. The van der Waals surface area contributed by atoms with Crippen LogP contribution in [0.1, 0.15) is 6.42 Å². The van der Waals surface area contributed by atoms with Gasteiger partial charge in [-0.2, -0.15) is 4.31 Å². The van der Waals surface area contributed by atoms with Crippen molar-refractivity contribution in [2.75, 3.05) is 27.2 Å². The highest BCUT2D eigenvalue weighted by Gasteiger charge is 2.31. The van der Waals surface area contributed by atoms with E-state index in [0.717, 1.165) is 13.0 Å². The molecule has 0 unspecified atom stereocenters. The number of hydrogen-bond donors (Lipinski definition) is 1. The van der Waals surface area contributed by atoms with Crippen LogP contribution < -0.4 is 10.1 Å². The van der Waals surface area contributed by atoms with Crippen LogP contribution in [-0.4, -0.2) is 46.0 Å². The lowest BCUT2D eigenvalue weighted by Crippen LogP contribution is -2.38. The monoisotopic (exact) mass is 270 g/mol. The second-order valence-electron chi connectivity index (χ2n) is 4.32. The lowest BCUT2D eigenvalue weighted by atomic mass is 10.3. The van der Waals surface area contributed by atoms with E-state index in [0.29, 0.717) is 12.3 Å². The Kier molecular flexibility index (Phi) is 3.89. The molecule has 1 aromatic rings. The maximum atomic E-state index is 12.5. The van der Waals surface area contributed by atoms with Gasteiger partial charge < -0.3 is 10.1 Å². The van der Waals surface area contributed by atoms with Gasteiger partial charge in [-0.3, -0.25) is 0 Å². The number of benzene rings is 1. The molecule has 1 heterocycles. The first-order valence-electron chi connectivity index (χ1n) is 5.89. The van der Waals surface area contributed by atoms with E-state index in [1.165, 1.54) is 11.4 Å². The molecule has 1 saturated heterocycles. The minimum absolute atomic E-state index is 0.0138. The van der Waals surface area contributed by atoms with E-state index < -0.39 is 10.0 Å². The minimum atomic E-state index is -3.50. The molecule has 0 radical (unpaired) electrons. The summed E-state index contributed by atoms with van der Waals surface area (Å²) in [6.45, 7) is 1.56. The number of nitrogens with one attached hydrogen (secondary N) is 1. The zero-order valence-corrected chi connectivity index (χ0v) is 11.4. The summed E-state index contributed by atoms with van der Waals surface area (Å²) in [5, 5.41) is 3.17. The Morgan fingerprint density at radius 3 is 2.72 bits per heavy atom. The molecule has 5 nitrogen and oxygen atoms in total. The van der Waals surface area contributed by atoms with E-state index >= 15 is 0 Å². The highest BCUT2D eigenvalue weighted by Crippen LogP contribution is 2.27.